The molecule has 216 valence electrons. The smallest absolute Gasteiger partial charge is 0.306 e. The number of carbonyl (C=O) groups is 2. The fourth-order valence-corrected chi connectivity index (χ4v) is 10.0. The highest BCUT2D eigenvalue weighted by Crippen LogP contribution is 2.67. The predicted molar refractivity (Wildman–Crippen MR) is 154 cm³/mol. The zero-order valence-electron chi connectivity index (χ0n) is 25.3. The molecule has 0 heterocycles. The maximum Gasteiger partial charge on any atom is 0.306 e. The van der Waals surface area contributed by atoms with Crippen molar-refractivity contribution in [1.29, 1.82) is 0 Å². The molecule has 1 N–H and O–H groups in total. The fourth-order valence-electron chi connectivity index (χ4n) is 10.0. The van der Waals surface area contributed by atoms with Gasteiger partial charge in [-0.25, -0.2) is 0 Å². The summed E-state index contributed by atoms with van der Waals surface area (Å²) in [6.07, 6.45) is 17.0. The van der Waals surface area contributed by atoms with Crippen LogP contribution in [0.1, 0.15) is 131 Å². The van der Waals surface area contributed by atoms with Crippen molar-refractivity contribution in [2.75, 3.05) is 0 Å². The number of aliphatic carboxylic acids is 1. The van der Waals surface area contributed by atoms with Crippen LogP contribution in [0.25, 0.3) is 0 Å². The van der Waals surface area contributed by atoms with Crippen LogP contribution in [0.2, 0.25) is 0 Å². The Morgan fingerprint density at radius 3 is 2.47 bits per heavy atom. The highest BCUT2D eigenvalue weighted by Gasteiger charge is 2.59. The third kappa shape index (κ3) is 5.90. The van der Waals surface area contributed by atoms with Crippen LogP contribution in [0, 0.1) is 52.3 Å². The highest BCUT2D eigenvalue weighted by molar-refractivity contribution is 5.71. The molecule has 4 nitrogen and oxygen atoms in total. The van der Waals surface area contributed by atoms with Gasteiger partial charge < -0.3 is 9.84 Å². The van der Waals surface area contributed by atoms with Crippen LogP contribution >= 0.6 is 0 Å². The summed E-state index contributed by atoms with van der Waals surface area (Å²) in [6.45, 7) is 14.9. The summed E-state index contributed by atoms with van der Waals surface area (Å²) in [6, 6.07) is 0. The Balaban J connectivity index is 1.38. The summed E-state index contributed by atoms with van der Waals surface area (Å²) in [5.74, 6) is 4.76. The van der Waals surface area contributed by atoms with Crippen molar-refractivity contribution in [2.24, 2.45) is 52.3 Å². The molecule has 4 heteroatoms. The number of ether oxygens (including phenoxy) is 1. The van der Waals surface area contributed by atoms with E-state index in [-0.39, 0.29) is 30.3 Å². The van der Waals surface area contributed by atoms with E-state index in [0.29, 0.717) is 11.8 Å². The lowest BCUT2D eigenvalue weighted by molar-refractivity contribution is -0.151. The standard InChI is InChI=1S/C34H56O4/c1-7-24(22(2)3)12-11-23(4)28-15-16-29-27-14-13-25-21-26(38-32(37)10-8-9-31(35)36)17-19-33(25,5)30(27)18-20-34(28,29)6/h13,22-24,26-30H,7-12,14-21H2,1-6H3,(H,35,36)/t23-,24-,26+,27?,28-,29?,30?,33+,34-/m1/s1. The molecule has 4 rings (SSSR count). The molecule has 0 radical (unpaired) electrons. The van der Waals surface area contributed by atoms with E-state index in [1.165, 1.54) is 51.4 Å². The summed E-state index contributed by atoms with van der Waals surface area (Å²) in [4.78, 5) is 23.1. The summed E-state index contributed by atoms with van der Waals surface area (Å²) in [5, 5.41) is 8.83. The lowest BCUT2D eigenvalue weighted by Crippen LogP contribution is -2.51. The number of carbonyl (C=O) groups excluding carboxylic acids is 1. The highest BCUT2D eigenvalue weighted by atomic mass is 16.5. The first-order valence-electron chi connectivity index (χ1n) is 16.1. The number of carboxylic acids is 1. The number of fused-ring (bicyclic) bond motifs is 5. The first kappa shape index (κ1) is 29.7. The number of hydrogen-bond acceptors (Lipinski definition) is 3. The first-order valence-corrected chi connectivity index (χ1v) is 16.1. The summed E-state index contributed by atoms with van der Waals surface area (Å²) in [5.41, 5.74) is 2.30. The van der Waals surface area contributed by atoms with Gasteiger partial charge in [-0.05, 0) is 110 Å². The van der Waals surface area contributed by atoms with E-state index in [9.17, 15) is 9.59 Å². The lowest BCUT2D eigenvalue weighted by atomic mass is 9.47. The van der Waals surface area contributed by atoms with E-state index < -0.39 is 5.97 Å². The van der Waals surface area contributed by atoms with Crippen molar-refractivity contribution in [1.82, 2.24) is 0 Å². The van der Waals surface area contributed by atoms with E-state index in [2.05, 4.69) is 47.6 Å². The Morgan fingerprint density at radius 2 is 1.79 bits per heavy atom. The van der Waals surface area contributed by atoms with Crippen molar-refractivity contribution < 1.29 is 19.4 Å². The van der Waals surface area contributed by atoms with Crippen LogP contribution in [0.5, 0.6) is 0 Å². The van der Waals surface area contributed by atoms with E-state index in [0.717, 1.165) is 60.7 Å². The Hall–Kier alpha value is -1.32. The van der Waals surface area contributed by atoms with Gasteiger partial charge in [0.1, 0.15) is 6.10 Å². The molecular formula is C34H56O4. The monoisotopic (exact) mass is 528 g/mol. The third-order valence-electron chi connectivity index (χ3n) is 12.3. The van der Waals surface area contributed by atoms with E-state index in [1.807, 2.05) is 0 Å². The largest absolute Gasteiger partial charge is 0.481 e. The molecule has 0 saturated heterocycles. The van der Waals surface area contributed by atoms with Crippen molar-refractivity contribution >= 4 is 11.9 Å². The summed E-state index contributed by atoms with van der Waals surface area (Å²) >= 11 is 0. The van der Waals surface area contributed by atoms with Gasteiger partial charge in [-0.1, -0.05) is 66.0 Å². The minimum absolute atomic E-state index is 0.0307. The molecule has 3 fully saturated rings. The fraction of sp³-hybridized carbons (Fsp3) is 0.882. The number of hydrogen-bond donors (Lipinski definition) is 1. The van der Waals surface area contributed by atoms with Gasteiger partial charge in [-0.2, -0.15) is 0 Å². The molecule has 0 aromatic heterocycles. The molecule has 0 amide bonds. The molecule has 0 spiro atoms. The molecule has 0 aromatic carbocycles. The predicted octanol–water partition coefficient (Wildman–Crippen LogP) is 8.83. The lowest BCUT2D eigenvalue weighted by Gasteiger charge is -2.58. The van der Waals surface area contributed by atoms with Gasteiger partial charge in [0.2, 0.25) is 0 Å². The summed E-state index contributed by atoms with van der Waals surface area (Å²) < 4.78 is 5.82. The van der Waals surface area contributed by atoms with Crippen LogP contribution < -0.4 is 0 Å². The average Bonchev–Trinajstić information content (AvgIpc) is 3.21. The zero-order chi connectivity index (χ0) is 27.7. The second kappa shape index (κ2) is 12.0. The molecule has 38 heavy (non-hydrogen) atoms. The summed E-state index contributed by atoms with van der Waals surface area (Å²) in [7, 11) is 0. The normalized spacial score (nSPS) is 38.0. The first-order chi connectivity index (χ1) is 18.0. The van der Waals surface area contributed by atoms with Gasteiger partial charge in [0.05, 0.1) is 0 Å². The Bertz CT molecular complexity index is 876. The van der Waals surface area contributed by atoms with Crippen molar-refractivity contribution in [3.05, 3.63) is 11.6 Å². The van der Waals surface area contributed by atoms with Crippen LogP contribution in [-0.4, -0.2) is 23.1 Å². The molecule has 4 aliphatic rings. The molecule has 0 aromatic rings. The van der Waals surface area contributed by atoms with Crippen LogP contribution in [0.15, 0.2) is 11.6 Å². The van der Waals surface area contributed by atoms with Gasteiger partial charge in [-0.15, -0.1) is 0 Å². The second-order valence-electron chi connectivity index (χ2n) is 14.6. The van der Waals surface area contributed by atoms with E-state index in [4.69, 9.17) is 9.84 Å². The number of rotatable bonds is 11. The van der Waals surface area contributed by atoms with Gasteiger partial charge in [0, 0.05) is 19.3 Å². The van der Waals surface area contributed by atoms with Gasteiger partial charge in [0.15, 0.2) is 0 Å². The van der Waals surface area contributed by atoms with E-state index >= 15 is 0 Å². The molecular weight excluding hydrogens is 472 g/mol. The topological polar surface area (TPSA) is 63.6 Å². The molecule has 3 unspecified atom stereocenters. The van der Waals surface area contributed by atoms with Crippen LogP contribution in [-0.2, 0) is 14.3 Å². The molecule has 4 aliphatic carbocycles. The molecule has 9 atom stereocenters. The van der Waals surface area contributed by atoms with E-state index in [1.54, 1.807) is 5.57 Å². The Labute approximate surface area is 232 Å². The zero-order valence-corrected chi connectivity index (χ0v) is 25.3. The van der Waals surface area contributed by atoms with Crippen molar-refractivity contribution in [3.8, 4) is 0 Å². The third-order valence-corrected chi connectivity index (χ3v) is 12.3. The number of carboxylic acid groups (broad SMARTS) is 1. The SMILES string of the molecule is CC[C@H](CC[C@@H](C)[C@H]1CCC2C3CC=C4C[C@@H](OC(=O)CCCC(=O)O)CC[C@]4(C)C3CC[C@@]21C)C(C)C. The van der Waals surface area contributed by atoms with Gasteiger partial charge in [0.25, 0.3) is 0 Å². The van der Waals surface area contributed by atoms with Crippen molar-refractivity contribution in [2.45, 2.75) is 138 Å². The minimum atomic E-state index is -0.851. The number of allylic oxidation sites excluding steroid dienone is 1. The maximum atomic E-state index is 12.3. The van der Waals surface area contributed by atoms with Crippen molar-refractivity contribution in [3.63, 3.8) is 0 Å². The number of esters is 1. The quantitative estimate of drug-likeness (QED) is 0.215. The molecule has 3 saturated carbocycles. The Morgan fingerprint density at radius 1 is 1.03 bits per heavy atom. The minimum Gasteiger partial charge on any atom is -0.481 e. The Kier molecular flexibility index (Phi) is 9.40. The second-order valence-corrected chi connectivity index (χ2v) is 14.6. The maximum absolute atomic E-state index is 12.3. The van der Waals surface area contributed by atoms with Crippen LogP contribution in [0.3, 0.4) is 0 Å². The molecule has 0 bridgehead atoms. The van der Waals surface area contributed by atoms with Gasteiger partial charge >= 0.3 is 11.9 Å². The van der Waals surface area contributed by atoms with Gasteiger partial charge in [-0.3, -0.25) is 9.59 Å². The molecule has 0 aliphatic heterocycles. The van der Waals surface area contributed by atoms with Crippen LogP contribution in [0.4, 0.5) is 0 Å². The average molecular weight is 529 g/mol.